The molecule has 0 saturated carbocycles. The number of hydrogen-bond acceptors (Lipinski definition) is 3. The van der Waals surface area contributed by atoms with Crippen LogP contribution in [0.25, 0.3) is 0 Å². The molecule has 1 amide bonds. The van der Waals surface area contributed by atoms with Gasteiger partial charge in [-0.2, -0.15) is 12.6 Å². The van der Waals surface area contributed by atoms with E-state index in [4.69, 9.17) is 4.74 Å². The maximum Gasteiger partial charge on any atom is 0.233 e. The van der Waals surface area contributed by atoms with Crippen LogP contribution in [-0.4, -0.2) is 24.3 Å². The molecule has 0 aliphatic rings. The van der Waals surface area contributed by atoms with Gasteiger partial charge in [0.2, 0.25) is 5.91 Å². The Morgan fingerprint density at radius 3 is 2.61 bits per heavy atom. The van der Waals surface area contributed by atoms with Gasteiger partial charge in [-0.25, -0.2) is 0 Å². The molecule has 0 fully saturated rings. The second-order valence-corrected chi connectivity index (χ2v) is 5.05. The van der Waals surface area contributed by atoms with Crippen LogP contribution in [0.3, 0.4) is 0 Å². The van der Waals surface area contributed by atoms with Crippen molar-refractivity contribution in [3.8, 4) is 5.75 Å². The summed E-state index contributed by atoms with van der Waals surface area (Å²) in [5.74, 6) is 1.10. The fourth-order valence-corrected chi connectivity index (χ4v) is 1.49. The van der Waals surface area contributed by atoms with Crippen LogP contribution in [0.2, 0.25) is 0 Å². The Hall–Kier alpha value is -1.16. The summed E-state index contributed by atoms with van der Waals surface area (Å²) in [5, 5.41) is 2.62. The van der Waals surface area contributed by atoms with Crippen LogP contribution < -0.4 is 10.1 Å². The highest BCUT2D eigenvalue weighted by Gasteiger charge is 2.16. The standard InChI is InChI=1S/C14H21NO2S/c1-11(2)13(18)14(16)15-9-6-10-17-12-7-4-3-5-8-12/h3-5,7-8,11,13,18H,6,9-10H2,1-2H3,(H,15,16). The first-order valence-corrected chi connectivity index (χ1v) is 6.76. The maximum atomic E-state index is 11.6. The van der Waals surface area contributed by atoms with E-state index >= 15 is 0 Å². The van der Waals surface area contributed by atoms with Gasteiger partial charge in [-0.1, -0.05) is 32.0 Å². The number of para-hydroxylation sites is 1. The number of thiol groups is 1. The molecular formula is C14H21NO2S. The van der Waals surface area contributed by atoms with E-state index in [-0.39, 0.29) is 17.1 Å². The van der Waals surface area contributed by atoms with Gasteiger partial charge in [0.25, 0.3) is 0 Å². The molecule has 4 heteroatoms. The van der Waals surface area contributed by atoms with E-state index in [0.717, 1.165) is 12.2 Å². The zero-order chi connectivity index (χ0) is 13.4. The van der Waals surface area contributed by atoms with Crippen LogP contribution in [0.5, 0.6) is 5.75 Å². The lowest BCUT2D eigenvalue weighted by molar-refractivity contribution is -0.121. The van der Waals surface area contributed by atoms with Crippen molar-refractivity contribution < 1.29 is 9.53 Å². The molecule has 1 aromatic carbocycles. The monoisotopic (exact) mass is 267 g/mol. The van der Waals surface area contributed by atoms with E-state index in [2.05, 4.69) is 17.9 Å². The van der Waals surface area contributed by atoms with Crippen molar-refractivity contribution >= 4 is 18.5 Å². The quantitative estimate of drug-likeness (QED) is 0.588. The third-order valence-electron chi connectivity index (χ3n) is 2.53. The molecule has 1 aromatic rings. The third-order valence-corrected chi connectivity index (χ3v) is 3.36. The van der Waals surface area contributed by atoms with Gasteiger partial charge in [-0.05, 0) is 24.5 Å². The van der Waals surface area contributed by atoms with Gasteiger partial charge in [-0.3, -0.25) is 4.79 Å². The minimum Gasteiger partial charge on any atom is -0.494 e. The smallest absolute Gasteiger partial charge is 0.233 e. The number of nitrogens with one attached hydrogen (secondary N) is 1. The van der Waals surface area contributed by atoms with Gasteiger partial charge < -0.3 is 10.1 Å². The molecular weight excluding hydrogens is 246 g/mol. The molecule has 0 radical (unpaired) electrons. The number of rotatable bonds is 7. The summed E-state index contributed by atoms with van der Waals surface area (Å²) in [6.45, 7) is 5.18. The first-order valence-electron chi connectivity index (χ1n) is 6.25. The van der Waals surface area contributed by atoms with Gasteiger partial charge in [-0.15, -0.1) is 0 Å². The van der Waals surface area contributed by atoms with Crippen molar-refractivity contribution in [1.82, 2.24) is 5.32 Å². The molecule has 0 aliphatic heterocycles. The van der Waals surface area contributed by atoms with Crippen molar-refractivity contribution in [2.24, 2.45) is 5.92 Å². The first-order chi connectivity index (χ1) is 8.61. The summed E-state index contributed by atoms with van der Waals surface area (Å²) < 4.78 is 5.53. The molecule has 0 aromatic heterocycles. The predicted molar refractivity (Wildman–Crippen MR) is 77.2 cm³/mol. The topological polar surface area (TPSA) is 38.3 Å². The number of amides is 1. The lowest BCUT2D eigenvalue weighted by atomic mass is 10.1. The summed E-state index contributed by atoms with van der Waals surface area (Å²) in [5.41, 5.74) is 0. The Morgan fingerprint density at radius 2 is 2.00 bits per heavy atom. The second-order valence-electron chi connectivity index (χ2n) is 4.49. The predicted octanol–water partition coefficient (Wildman–Crippen LogP) is 2.53. The lowest BCUT2D eigenvalue weighted by Gasteiger charge is -2.14. The molecule has 100 valence electrons. The van der Waals surface area contributed by atoms with E-state index in [9.17, 15) is 4.79 Å². The third kappa shape index (κ3) is 5.45. The highest BCUT2D eigenvalue weighted by Crippen LogP contribution is 2.09. The molecule has 1 atom stereocenters. The van der Waals surface area contributed by atoms with Crippen molar-refractivity contribution in [2.75, 3.05) is 13.2 Å². The fraction of sp³-hybridized carbons (Fsp3) is 0.500. The van der Waals surface area contributed by atoms with Gasteiger partial charge in [0.15, 0.2) is 0 Å². The number of hydrogen-bond donors (Lipinski definition) is 2. The van der Waals surface area contributed by atoms with Crippen LogP contribution in [0, 0.1) is 5.92 Å². The summed E-state index contributed by atoms with van der Waals surface area (Å²) in [6.07, 6.45) is 0.791. The molecule has 0 spiro atoms. The van der Waals surface area contributed by atoms with Gasteiger partial charge in [0, 0.05) is 6.54 Å². The minimum absolute atomic E-state index is 0.00644. The molecule has 0 heterocycles. The molecule has 1 N–H and O–H groups in total. The van der Waals surface area contributed by atoms with Crippen LogP contribution in [0.15, 0.2) is 30.3 Å². The summed E-state index contributed by atoms with van der Waals surface area (Å²) in [4.78, 5) is 11.6. The highest BCUT2D eigenvalue weighted by atomic mass is 32.1. The van der Waals surface area contributed by atoms with E-state index in [1.165, 1.54) is 0 Å². The Labute approximate surface area is 114 Å². The average Bonchev–Trinajstić information content (AvgIpc) is 2.38. The average molecular weight is 267 g/mol. The van der Waals surface area contributed by atoms with Crippen LogP contribution >= 0.6 is 12.6 Å². The van der Waals surface area contributed by atoms with Gasteiger partial charge in [0.05, 0.1) is 11.9 Å². The van der Waals surface area contributed by atoms with Crippen LogP contribution in [-0.2, 0) is 4.79 Å². The van der Waals surface area contributed by atoms with Crippen LogP contribution in [0.4, 0.5) is 0 Å². The summed E-state index contributed by atoms with van der Waals surface area (Å²) in [7, 11) is 0. The lowest BCUT2D eigenvalue weighted by Crippen LogP contribution is -2.35. The van der Waals surface area contributed by atoms with Crippen molar-refractivity contribution in [3.63, 3.8) is 0 Å². The largest absolute Gasteiger partial charge is 0.494 e. The van der Waals surface area contributed by atoms with Gasteiger partial charge in [0.1, 0.15) is 5.75 Å². The molecule has 0 aliphatic carbocycles. The van der Waals surface area contributed by atoms with Crippen molar-refractivity contribution in [1.29, 1.82) is 0 Å². The molecule has 0 saturated heterocycles. The normalized spacial score (nSPS) is 12.2. The number of ether oxygens (including phenoxy) is 1. The Balaban J connectivity index is 2.11. The van der Waals surface area contributed by atoms with E-state index in [0.29, 0.717) is 13.2 Å². The number of carbonyl (C=O) groups is 1. The minimum atomic E-state index is -0.236. The van der Waals surface area contributed by atoms with E-state index < -0.39 is 0 Å². The molecule has 1 unspecified atom stereocenters. The Bertz CT molecular complexity index is 354. The number of carbonyl (C=O) groups excluding carboxylic acids is 1. The van der Waals surface area contributed by atoms with Crippen LogP contribution in [0.1, 0.15) is 20.3 Å². The van der Waals surface area contributed by atoms with Crippen molar-refractivity contribution in [3.05, 3.63) is 30.3 Å². The molecule has 18 heavy (non-hydrogen) atoms. The maximum absolute atomic E-state index is 11.6. The second kappa shape index (κ2) is 8.03. The van der Waals surface area contributed by atoms with E-state index in [1.807, 2.05) is 44.2 Å². The SMILES string of the molecule is CC(C)C(S)C(=O)NCCCOc1ccccc1. The Morgan fingerprint density at radius 1 is 1.33 bits per heavy atom. The summed E-state index contributed by atoms with van der Waals surface area (Å²) >= 11 is 4.26. The summed E-state index contributed by atoms with van der Waals surface area (Å²) in [6, 6.07) is 9.66. The highest BCUT2D eigenvalue weighted by molar-refractivity contribution is 7.81. The first kappa shape index (κ1) is 14.9. The molecule has 3 nitrogen and oxygen atoms in total. The zero-order valence-corrected chi connectivity index (χ0v) is 11.8. The zero-order valence-electron chi connectivity index (χ0n) is 10.9. The molecule has 1 rings (SSSR count). The van der Waals surface area contributed by atoms with Gasteiger partial charge >= 0.3 is 0 Å². The Kier molecular flexibility index (Phi) is 6.65. The number of benzene rings is 1. The fourth-order valence-electron chi connectivity index (χ4n) is 1.40. The molecule has 0 bridgehead atoms. The van der Waals surface area contributed by atoms with E-state index in [1.54, 1.807) is 0 Å². The van der Waals surface area contributed by atoms with Crippen molar-refractivity contribution in [2.45, 2.75) is 25.5 Å².